The first-order chi connectivity index (χ1) is 8.83. The van der Waals surface area contributed by atoms with Crippen LogP contribution in [0.2, 0.25) is 0 Å². The second kappa shape index (κ2) is 10.8. The van der Waals surface area contributed by atoms with Gasteiger partial charge in [0.25, 0.3) is 0 Å². The zero-order valence-corrected chi connectivity index (χ0v) is 12.2. The second-order valence-electron chi connectivity index (χ2n) is 5.37. The predicted molar refractivity (Wildman–Crippen MR) is 76.0 cm³/mol. The van der Waals surface area contributed by atoms with Crippen LogP contribution in [0.3, 0.4) is 0 Å². The van der Waals surface area contributed by atoms with E-state index < -0.39 is 0 Å². The summed E-state index contributed by atoms with van der Waals surface area (Å²) in [7, 11) is 0. The minimum atomic E-state index is 0.409. The molecule has 0 saturated carbocycles. The highest BCUT2D eigenvalue weighted by atomic mass is 16.5. The van der Waals surface area contributed by atoms with Gasteiger partial charge >= 0.3 is 0 Å². The molecule has 1 rings (SSSR count). The van der Waals surface area contributed by atoms with Crippen LogP contribution in [0.5, 0.6) is 0 Å². The number of nitrogens with one attached hydrogen (secondary N) is 1. The number of ether oxygens (including phenoxy) is 2. The monoisotopic (exact) mass is 257 g/mol. The molecule has 0 aromatic rings. The fourth-order valence-electron chi connectivity index (χ4n) is 2.34. The van der Waals surface area contributed by atoms with Crippen molar-refractivity contribution in [1.82, 2.24) is 5.32 Å². The van der Waals surface area contributed by atoms with E-state index in [1.165, 1.54) is 44.9 Å². The Morgan fingerprint density at radius 2 is 2.22 bits per heavy atom. The molecule has 0 aromatic heterocycles. The van der Waals surface area contributed by atoms with Gasteiger partial charge in [-0.05, 0) is 26.2 Å². The fraction of sp³-hybridized carbons (Fsp3) is 1.00. The van der Waals surface area contributed by atoms with Crippen LogP contribution in [-0.2, 0) is 9.47 Å². The molecule has 0 spiro atoms. The van der Waals surface area contributed by atoms with Crippen molar-refractivity contribution in [2.75, 3.05) is 26.3 Å². The highest BCUT2D eigenvalue weighted by Gasteiger charge is 2.14. The quantitative estimate of drug-likeness (QED) is 0.577. The molecule has 18 heavy (non-hydrogen) atoms. The zero-order chi connectivity index (χ0) is 13.1. The molecule has 2 unspecified atom stereocenters. The van der Waals surface area contributed by atoms with Crippen LogP contribution in [0.25, 0.3) is 0 Å². The van der Waals surface area contributed by atoms with E-state index >= 15 is 0 Å². The summed E-state index contributed by atoms with van der Waals surface area (Å²) in [4.78, 5) is 0. The van der Waals surface area contributed by atoms with Gasteiger partial charge in [0.05, 0.1) is 18.8 Å². The average molecular weight is 257 g/mol. The molecule has 3 heteroatoms. The van der Waals surface area contributed by atoms with E-state index in [-0.39, 0.29) is 0 Å². The molecule has 1 saturated heterocycles. The summed E-state index contributed by atoms with van der Waals surface area (Å²) in [5, 5.41) is 3.41. The third kappa shape index (κ3) is 8.06. The summed E-state index contributed by atoms with van der Waals surface area (Å²) in [6, 6.07) is 0. The van der Waals surface area contributed by atoms with E-state index in [9.17, 15) is 0 Å². The van der Waals surface area contributed by atoms with E-state index in [1.54, 1.807) is 0 Å². The largest absolute Gasteiger partial charge is 0.377 e. The molecular weight excluding hydrogens is 226 g/mol. The van der Waals surface area contributed by atoms with Crippen molar-refractivity contribution >= 4 is 0 Å². The molecule has 1 aliphatic heterocycles. The van der Waals surface area contributed by atoms with Gasteiger partial charge in [-0.3, -0.25) is 0 Å². The summed E-state index contributed by atoms with van der Waals surface area (Å²) in [5.74, 6) is 0. The SMILES string of the molecule is CCCCCCC(C)OCCNCC1CCCO1. The van der Waals surface area contributed by atoms with Crippen molar-refractivity contribution in [3.8, 4) is 0 Å². The third-order valence-corrected chi connectivity index (χ3v) is 3.54. The molecular formula is C15H31NO2. The molecule has 108 valence electrons. The van der Waals surface area contributed by atoms with Gasteiger partial charge in [-0.1, -0.05) is 32.6 Å². The Labute approximate surface area is 113 Å². The number of rotatable bonds is 11. The minimum absolute atomic E-state index is 0.409. The maximum absolute atomic E-state index is 5.78. The van der Waals surface area contributed by atoms with Gasteiger partial charge < -0.3 is 14.8 Å². The van der Waals surface area contributed by atoms with E-state index in [1.807, 2.05) is 0 Å². The molecule has 1 heterocycles. The Kier molecular flexibility index (Phi) is 9.54. The smallest absolute Gasteiger partial charge is 0.0700 e. The number of hydrogen-bond acceptors (Lipinski definition) is 3. The Bertz CT molecular complexity index is 181. The summed E-state index contributed by atoms with van der Waals surface area (Å²) in [5.41, 5.74) is 0. The van der Waals surface area contributed by atoms with Crippen molar-refractivity contribution in [2.45, 2.75) is 71.0 Å². The van der Waals surface area contributed by atoms with Crippen LogP contribution in [0.15, 0.2) is 0 Å². The second-order valence-corrected chi connectivity index (χ2v) is 5.37. The van der Waals surface area contributed by atoms with Crippen LogP contribution in [0.4, 0.5) is 0 Å². The zero-order valence-electron chi connectivity index (χ0n) is 12.2. The molecule has 0 bridgehead atoms. The lowest BCUT2D eigenvalue weighted by Gasteiger charge is -2.14. The van der Waals surface area contributed by atoms with Crippen molar-refractivity contribution in [3.63, 3.8) is 0 Å². The molecule has 2 atom stereocenters. The maximum atomic E-state index is 5.78. The highest BCUT2D eigenvalue weighted by Crippen LogP contribution is 2.10. The van der Waals surface area contributed by atoms with Gasteiger partial charge in [-0.2, -0.15) is 0 Å². The van der Waals surface area contributed by atoms with Crippen molar-refractivity contribution < 1.29 is 9.47 Å². The molecule has 0 aliphatic carbocycles. The third-order valence-electron chi connectivity index (χ3n) is 3.54. The van der Waals surface area contributed by atoms with Gasteiger partial charge in [0.2, 0.25) is 0 Å². The molecule has 0 amide bonds. The van der Waals surface area contributed by atoms with E-state index in [2.05, 4.69) is 19.2 Å². The molecule has 1 fully saturated rings. The number of unbranched alkanes of at least 4 members (excludes halogenated alkanes) is 3. The Hall–Kier alpha value is -0.120. The van der Waals surface area contributed by atoms with Crippen LogP contribution in [0.1, 0.15) is 58.8 Å². The number of hydrogen-bond donors (Lipinski definition) is 1. The first kappa shape index (κ1) is 15.9. The standard InChI is InChI=1S/C15H31NO2/c1-3-4-5-6-8-14(2)17-12-10-16-13-15-9-7-11-18-15/h14-16H,3-13H2,1-2H3. The van der Waals surface area contributed by atoms with Crippen LogP contribution in [-0.4, -0.2) is 38.5 Å². The van der Waals surface area contributed by atoms with Crippen LogP contribution < -0.4 is 5.32 Å². The summed E-state index contributed by atoms with van der Waals surface area (Å²) in [6.07, 6.45) is 9.80. The van der Waals surface area contributed by atoms with Crippen molar-refractivity contribution in [3.05, 3.63) is 0 Å². The van der Waals surface area contributed by atoms with Crippen LogP contribution >= 0.6 is 0 Å². The fourth-order valence-corrected chi connectivity index (χ4v) is 2.34. The Morgan fingerprint density at radius 1 is 1.33 bits per heavy atom. The maximum Gasteiger partial charge on any atom is 0.0700 e. The Balaban J connectivity index is 1.81. The lowest BCUT2D eigenvalue weighted by Crippen LogP contribution is -2.29. The van der Waals surface area contributed by atoms with Gasteiger partial charge in [0.1, 0.15) is 0 Å². The van der Waals surface area contributed by atoms with Gasteiger partial charge in [0, 0.05) is 19.7 Å². The average Bonchev–Trinajstić information content (AvgIpc) is 2.87. The van der Waals surface area contributed by atoms with Gasteiger partial charge in [-0.15, -0.1) is 0 Å². The predicted octanol–water partition coefficient (Wildman–Crippen LogP) is 3.13. The molecule has 0 radical (unpaired) electrons. The Morgan fingerprint density at radius 3 is 2.94 bits per heavy atom. The topological polar surface area (TPSA) is 30.5 Å². The van der Waals surface area contributed by atoms with E-state index in [4.69, 9.17) is 9.47 Å². The lowest BCUT2D eigenvalue weighted by atomic mass is 10.1. The van der Waals surface area contributed by atoms with Gasteiger partial charge in [0.15, 0.2) is 0 Å². The highest BCUT2D eigenvalue weighted by molar-refractivity contribution is 4.67. The summed E-state index contributed by atoms with van der Waals surface area (Å²) < 4.78 is 11.3. The molecule has 1 N–H and O–H groups in total. The van der Waals surface area contributed by atoms with E-state index in [0.29, 0.717) is 12.2 Å². The van der Waals surface area contributed by atoms with Crippen LogP contribution in [0, 0.1) is 0 Å². The van der Waals surface area contributed by atoms with Gasteiger partial charge in [-0.25, -0.2) is 0 Å². The summed E-state index contributed by atoms with van der Waals surface area (Å²) >= 11 is 0. The summed E-state index contributed by atoms with van der Waals surface area (Å²) in [6.45, 7) is 8.12. The first-order valence-corrected chi connectivity index (χ1v) is 7.77. The molecule has 3 nitrogen and oxygen atoms in total. The van der Waals surface area contributed by atoms with E-state index in [0.717, 1.165) is 26.3 Å². The van der Waals surface area contributed by atoms with Crippen molar-refractivity contribution in [2.24, 2.45) is 0 Å². The molecule has 0 aromatic carbocycles. The lowest BCUT2D eigenvalue weighted by molar-refractivity contribution is 0.0569. The minimum Gasteiger partial charge on any atom is -0.377 e. The van der Waals surface area contributed by atoms with Crippen molar-refractivity contribution in [1.29, 1.82) is 0 Å². The first-order valence-electron chi connectivity index (χ1n) is 7.77. The normalized spacial score (nSPS) is 21.3. The molecule has 1 aliphatic rings.